The number of methoxy groups -OCH3 is 2. The molecule has 4 rings (SSSR count). The van der Waals surface area contributed by atoms with Gasteiger partial charge in [-0.2, -0.15) is 0 Å². The minimum Gasteiger partial charge on any atom is -0.493 e. The summed E-state index contributed by atoms with van der Waals surface area (Å²) >= 11 is 0. The fraction of sp³-hybridized carbons (Fsp3) is 0.211. The van der Waals surface area contributed by atoms with Crippen molar-refractivity contribution in [2.75, 3.05) is 26.1 Å². The van der Waals surface area contributed by atoms with Gasteiger partial charge >= 0.3 is 0 Å². The zero-order chi connectivity index (χ0) is 17.9. The smallest absolute Gasteiger partial charge is 0.203 e. The van der Waals surface area contributed by atoms with Crippen LogP contribution in [0, 0.1) is 0 Å². The van der Waals surface area contributed by atoms with Gasteiger partial charge in [0.05, 0.1) is 25.3 Å². The summed E-state index contributed by atoms with van der Waals surface area (Å²) in [5.41, 5.74) is 3.75. The van der Waals surface area contributed by atoms with E-state index in [0.29, 0.717) is 6.54 Å². The van der Waals surface area contributed by atoms with E-state index in [-0.39, 0.29) is 0 Å². The molecule has 0 fully saturated rings. The van der Waals surface area contributed by atoms with Crippen LogP contribution < -0.4 is 14.8 Å². The quantitative estimate of drug-likeness (QED) is 0.577. The van der Waals surface area contributed by atoms with Crippen molar-refractivity contribution in [2.45, 2.75) is 6.42 Å². The number of nitrogens with one attached hydrogen (secondary N) is 1. The Bertz CT molecular complexity index is 1060. The summed E-state index contributed by atoms with van der Waals surface area (Å²) in [5.74, 6) is 2.18. The van der Waals surface area contributed by atoms with Crippen molar-refractivity contribution >= 4 is 22.5 Å². The van der Waals surface area contributed by atoms with Gasteiger partial charge in [-0.25, -0.2) is 4.98 Å². The van der Waals surface area contributed by atoms with Crippen LogP contribution in [0.4, 0.5) is 5.82 Å². The van der Waals surface area contributed by atoms with Crippen molar-refractivity contribution in [3.63, 3.8) is 0 Å². The lowest BCUT2D eigenvalue weighted by Crippen LogP contribution is -2.08. The highest BCUT2D eigenvalue weighted by Gasteiger charge is 2.10. The zero-order valence-electron chi connectivity index (χ0n) is 14.6. The van der Waals surface area contributed by atoms with Crippen molar-refractivity contribution in [3.05, 3.63) is 54.4 Å². The lowest BCUT2D eigenvalue weighted by Gasteiger charge is -2.11. The second kappa shape index (κ2) is 6.87. The van der Waals surface area contributed by atoms with E-state index >= 15 is 0 Å². The molecule has 0 amide bonds. The van der Waals surface area contributed by atoms with Gasteiger partial charge in [-0.3, -0.25) is 4.40 Å². The fourth-order valence-corrected chi connectivity index (χ4v) is 2.99. The van der Waals surface area contributed by atoms with Crippen LogP contribution in [-0.2, 0) is 6.42 Å². The molecule has 0 aliphatic heterocycles. The number of hydrogen-bond acceptors (Lipinski definition) is 6. The number of fused-ring (bicyclic) bond motifs is 3. The van der Waals surface area contributed by atoms with Crippen LogP contribution in [-0.4, -0.2) is 40.3 Å². The number of benzene rings is 2. The molecule has 2 aromatic heterocycles. The number of para-hydroxylation sites is 2. The Morgan fingerprint density at radius 1 is 1.04 bits per heavy atom. The zero-order valence-corrected chi connectivity index (χ0v) is 14.6. The van der Waals surface area contributed by atoms with Crippen LogP contribution in [0.25, 0.3) is 16.7 Å². The third-order valence-corrected chi connectivity index (χ3v) is 4.29. The van der Waals surface area contributed by atoms with E-state index in [1.807, 2.05) is 46.9 Å². The van der Waals surface area contributed by atoms with Gasteiger partial charge < -0.3 is 14.8 Å². The maximum atomic E-state index is 5.36. The van der Waals surface area contributed by atoms with E-state index in [2.05, 4.69) is 20.5 Å². The van der Waals surface area contributed by atoms with Crippen molar-refractivity contribution in [3.8, 4) is 11.5 Å². The first-order chi connectivity index (χ1) is 12.8. The maximum Gasteiger partial charge on any atom is 0.203 e. The Balaban J connectivity index is 1.55. The van der Waals surface area contributed by atoms with Gasteiger partial charge in [0.25, 0.3) is 0 Å². The lowest BCUT2D eigenvalue weighted by molar-refractivity contribution is 0.354. The van der Waals surface area contributed by atoms with Gasteiger partial charge in [0.15, 0.2) is 17.3 Å². The Morgan fingerprint density at radius 2 is 1.88 bits per heavy atom. The summed E-state index contributed by atoms with van der Waals surface area (Å²) in [6, 6.07) is 13.9. The average molecular weight is 349 g/mol. The average Bonchev–Trinajstić information content (AvgIpc) is 3.18. The molecule has 0 bridgehead atoms. The summed E-state index contributed by atoms with van der Waals surface area (Å²) in [7, 11) is 3.27. The van der Waals surface area contributed by atoms with Crippen molar-refractivity contribution in [1.29, 1.82) is 0 Å². The Hall–Kier alpha value is -3.35. The molecule has 0 radical (unpaired) electrons. The molecule has 0 unspecified atom stereocenters. The molecule has 0 aliphatic carbocycles. The minimum absolute atomic E-state index is 0.712. The lowest BCUT2D eigenvalue weighted by atomic mass is 10.1. The number of anilines is 1. The summed E-state index contributed by atoms with van der Waals surface area (Å²) in [6.45, 7) is 0.712. The third-order valence-electron chi connectivity index (χ3n) is 4.29. The van der Waals surface area contributed by atoms with E-state index in [0.717, 1.165) is 46.0 Å². The molecule has 132 valence electrons. The van der Waals surface area contributed by atoms with Crippen LogP contribution in [0.2, 0.25) is 0 Å². The second-order valence-corrected chi connectivity index (χ2v) is 5.84. The highest BCUT2D eigenvalue weighted by molar-refractivity contribution is 5.82. The van der Waals surface area contributed by atoms with Crippen LogP contribution in [0.1, 0.15) is 5.56 Å². The van der Waals surface area contributed by atoms with Crippen molar-refractivity contribution < 1.29 is 9.47 Å². The van der Waals surface area contributed by atoms with Crippen molar-refractivity contribution in [2.24, 2.45) is 0 Å². The van der Waals surface area contributed by atoms with Gasteiger partial charge in [0.1, 0.15) is 6.33 Å². The first-order valence-corrected chi connectivity index (χ1v) is 8.33. The van der Waals surface area contributed by atoms with Gasteiger partial charge in [-0.1, -0.05) is 18.2 Å². The van der Waals surface area contributed by atoms with E-state index in [4.69, 9.17) is 9.47 Å². The number of rotatable bonds is 6. The highest BCUT2D eigenvalue weighted by Crippen LogP contribution is 2.27. The summed E-state index contributed by atoms with van der Waals surface area (Å²) in [6.07, 6.45) is 2.52. The summed E-state index contributed by atoms with van der Waals surface area (Å²) < 4.78 is 12.6. The standard InChI is InChI=1S/C19H19N5O2/c1-25-16-8-7-13(11-17(16)26-2)9-10-20-18-19-23-21-12-24(19)15-6-4-3-5-14(15)22-18/h3-8,11-12H,9-10H2,1-2H3,(H,20,22). The van der Waals surface area contributed by atoms with Crippen LogP contribution in [0.3, 0.4) is 0 Å². The maximum absolute atomic E-state index is 5.36. The highest BCUT2D eigenvalue weighted by atomic mass is 16.5. The largest absolute Gasteiger partial charge is 0.493 e. The molecule has 2 aromatic carbocycles. The molecule has 1 N–H and O–H groups in total. The van der Waals surface area contributed by atoms with Crippen LogP contribution in [0.15, 0.2) is 48.8 Å². The third kappa shape index (κ3) is 2.88. The monoisotopic (exact) mass is 349 g/mol. The molecule has 7 heteroatoms. The number of aromatic nitrogens is 4. The van der Waals surface area contributed by atoms with Gasteiger partial charge in [-0.15, -0.1) is 10.2 Å². The fourth-order valence-electron chi connectivity index (χ4n) is 2.99. The molecular weight excluding hydrogens is 330 g/mol. The first kappa shape index (κ1) is 16.1. The number of nitrogens with zero attached hydrogens (tertiary/aromatic N) is 4. The Kier molecular flexibility index (Phi) is 4.27. The predicted octanol–water partition coefficient (Wildman–Crippen LogP) is 2.95. The minimum atomic E-state index is 0.712. The van der Waals surface area contributed by atoms with E-state index < -0.39 is 0 Å². The molecule has 0 spiro atoms. The SMILES string of the molecule is COc1ccc(CCNc2nc3ccccc3n3cnnc23)cc1OC. The summed E-state index contributed by atoms with van der Waals surface area (Å²) in [4.78, 5) is 4.69. The molecule has 4 aromatic rings. The predicted molar refractivity (Wildman–Crippen MR) is 100 cm³/mol. The molecular formula is C19H19N5O2. The van der Waals surface area contributed by atoms with Crippen LogP contribution in [0.5, 0.6) is 11.5 Å². The molecule has 26 heavy (non-hydrogen) atoms. The first-order valence-electron chi connectivity index (χ1n) is 8.33. The summed E-state index contributed by atoms with van der Waals surface area (Å²) in [5, 5.41) is 11.6. The Morgan fingerprint density at radius 3 is 2.73 bits per heavy atom. The second-order valence-electron chi connectivity index (χ2n) is 5.84. The molecule has 0 saturated heterocycles. The Labute approximate surface area is 150 Å². The van der Waals surface area contributed by atoms with Gasteiger partial charge in [0.2, 0.25) is 5.65 Å². The number of hydrogen-bond donors (Lipinski definition) is 1. The van der Waals surface area contributed by atoms with E-state index in [1.54, 1.807) is 20.5 Å². The number of ether oxygens (including phenoxy) is 2. The van der Waals surface area contributed by atoms with E-state index in [1.165, 1.54) is 0 Å². The topological polar surface area (TPSA) is 73.6 Å². The molecule has 2 heterocycles. The van der Waals surface area contributed by atoms with Crippen molar-refractivity contribution in [1.82, 2.24) is 19.6 Å². The molecule has 0 atom stereocenters. The van der Waals surface area contributed by atoms with Crippen LogP contribution >= 0.6 is 0 Å². The molecule has 0 aliphatic rings. The van der Waals surface area contributed by atoms with Gasteiger partial charge in [0, 0.05) is 6.54 Å². The van der Waals surface area contributed by atoms with Gasteiger partial charge in [-0.05, 0) is 36.2 Å². The molecule has 7 nitrogen and oxygen atoms in total. The normalized spacial score (nSPS) is 11.0. The van der Waals surface area contributed by atoms with E-state index in [9.17, 15) is 0 Å². The molecule has 0 saturated carbocycles.